The lowest BCUT2D eigenvalue weighted by molar-refractivity contribution is -0.130. The highest BCUT2D eigenvalue weighted by Crippen LogP contribution is 2.45. The van der Waals surface area contributed by atoms with Gasteiger partial charge in [0.2, 0.25) is 11.8 Å². The third-order valence-corrected chi connectivity index (χ3v) is 5.66. The first-order valence-corrected chi connectivity index (χ1v) is 9.72. The predicted octanol–water partition coefficient (Wildman–Crippen LogP) is 3.84. The Morgan fingerprint density at radius 1 is 1.04 bits per heavy atom. The summed E-state index contributed by atoms with van der Waals surface area (Å²) in [7, 11) is 1.80. The van der Waals surface area contributed by atoms with Crippen LogP contribution in [0.4, 0.5) is 5.69 Å². The summed E-state index contributed by atoms with van der Waals surface area (Å²) >= 11 is 0. The highest BCUT2D eigenvalue weighted by molar-refractivity contribution is 6.09. The highest BCUT2D eigenvalue weighted by Gasteiger charge is 2.50. The number of hydrogen-bond donors (Lipinski definition) is 1. The maximum absolute atomic E-state index is 13.4. The van der Waals surface area contributed by atoms with Gasteiger partial charge in [0.05, 0.1) is 5.41 Å². The van der Waals surface area contributed by atoms with Crippen LogP contribution in [0.3, 0.4) is 0 Å². The second kappa shape index (κ2) is 7.95. The van der Waals surface area contributed by atoms with Crippen molar-refractivity contribution in [3.05, 3.63) is 65.7 Å². The molecule has 3 rings (SSSR count). The van der Waals surface area contributed by atoms with Crippen molar-refractivity contribution in [3.8, 4) is 0 Å². The fraction of sp³-hybridized carbons (Fsp3) is 0.391. The van der Waals surface area contributed by atoms with E-state index >= 15 is 0 Å². The maximum Gasteiger partial charge on any atom is 0.238 e. The molecular formula is C23H28N2O2. The van der Waals surface area contributed by atoms with E-state index in [-0.39, 0.29) is 24.3 Å². The van der Waals surface area contributed by atoms with Gasteiger partial charge < -0.3 is 10.2 Å². The monoisotopic (exact) mass is 364 g/mol. The largest absolute Gasteiger partial charge is 0.353 e. The second-order valence-corrected chi connectivity index (χ2v) is 7.38. The molecule has 1 aliphatic heterocycles. The van der Waals surface area contributed by atoms with Gasteiger partial charge in [-0.3, -0.25) is 9.59 Å². The van der Waals surface area contributed by atoms with Gasteiger partial charge in [-0.2, -0.15) is 0 Å². The van der Waals surface area contributed by atoms with Gasteiger partial charge in [-0.15, -0.1) is 0 Å². The van der Waals surface area contributed by atoms with Crippen LogP contribution in [0, 0.1) is 0 Å². The molecule has 4 nitrogen and oxygen atoms in total. The van der Waals surface area contributed by atoms with E-state index in [1.54, 1.807) is 11.9 Å². The van der Waals surface area contributed by atoms with E-state index in [1.807, 2.05) is 54.6 Å². The molecule has 0 aromatic heterocycles. The molecule has 0 saturated heterocycles. The number of nitrogens with one attached hydrogen (secondary N) is 1. The molecule has 2 aromatic carbocycles. The van der Waals surface area contributed by atoms with Gasteiger partial charge in [-0.25, -0.2) is 0 Å². The van der Waals surface area contributed by atoms with E-state index in [4.69, 9.17) is 0 Å². The van der Waals surface area contributed by atoms with Crippen molar-refractivity contribution in [3.63, 3.8) is 0 Å². The average Bonchev–Trinajstić information content (AvgIpc) is 2.89. The second-order valence-electron chi connectivity index (χ2n) is 7.38. The van der Waals surface area contributed by atoms with Crippen LogP contribution in [0.1, 0.15) is 44.2 Å². The van der Waals surface area contributed by atoms with Gasteiger partial charge in [-0.1, -0.05) is 62.4 Å². The van der Waals surface area contributed by atoms with Crippen molar-refractivity contribution >= 4 is 17.5 Å². The van der Waals surface area contributed by atoms with Crippen molar-refractivity contribution in [1.82, 2.24) is 5.32 Å². The molecule has 1 heterocycles. The minimum absolute atomic E-state index is 0.00718. The number of carbonyl (C=O) groups excluding carboxylic acids is 2. The van der Waals surface area contributed by atoms with E-state index in [0.29, 0.717) is 6.42 Å². The SMILES string of the molecule is CCC(CC)NC(=O)CC1(Cc2ccccc2)C(=O)N(C)c2ccccc21. The Balaban J connectivity index is 2.00. The van der Waals surface area contributed by atoms with Crippen LogP contribution in [0.25, 0.3) is 0 Å². The minimum atomic E-state index is -0.858. The zero-order valence-electron chi connectivity index (χ0n) is 16.4. The Bertz CT molecular complexity index is 814. The maximum atomic E-state index is 13.4. The molecule has 0 aliphatic carbocycles. The number of nitrogens with zero attached hydrogens (tertiary/aromatic N) is 1. The van der Waals surface area contributed by atoms with Crippen LogP contribution in [-0.4, -0.2) is 24.9 Å². The first-order valence-electron chi connectivity index (χ1n) is 9.72. The highest BCUT2D eigenvalue weighted by atomic mass is 16.2. The molecule has 2 amide bonds. The Labute approximate surface area is 161 Å². The molecule has 0 spiro atoms. The van der Waals surface area contributed by atoms with Gasteiger partial charge in [0.1, 0.15) is 0 Å². The number of rotatable bonds is 7. The molecule has 1 unspecified atom stereocenters. The van der Waals surface area contributed by atoms with Crippen molar-refractivity contribution in [2.45, 2.75) is 51.0 Å². The van der Waals surface area contributed by atoms with E-state index in [9.17, 15) is 9.59 Å². The van der Waals surface area contributed by atoms with Crippen molar-refractivity contribution in [2.75, 3.05) is 11.9 Å². The van der Waals surface area contributed by atoms with Crippen LogP contribution in [0.2, 0.25) is 0 Å². The van der Waals surface area contributed by atoms with Crippen molar-refractivity contribution in [2.24, 2.45) is 0 Å². The predicted molar refractivity (Wildman–Crippen MR) is 109 cm³/mol. The number of likely N-dealkylation sites (N-methyl/N-ethyl adjacent to an activating group) is 1. The number of amides is 2. The van der Waals surface area contributed by atoms with Gasteiger partial charge in [-0.05, 0) is 36.5 Å². The van der Waals surface area contributed by atoms with Gasteiger partial charge in [0, 0.05) is 25.2 Å². The third-order valence-electron chi connectivity index (χ3n) is 5.66. The Morgan fingerprint density at radius 3 is 2.33 bits per heavy atom. The number of fused-ring (bicyclic) bond motifs is 1. The summed E-state index contributed by atoms with van der Waals surface area (Å²) in [6.07, 6.45) is 2.46. The third kappa shape index (κ3) is 3.61. The van der Waals surface area contributed by atoms with Gasteiger partial charge >= 0.3 is 0 Å². The number of anilines is 1. The first-order chi connectivity index (χ1) is 13.0. The summed E-state index contributed by atoms with van der Waals surface area (Å²) in [5, 5.41) is 3.11. The zero-order valence-corrected chi connectivity index (χ0v) is 16.4. The Morgan fingerprint density at radius 2 is 1.67 bits per heavy atom. The van der Waals surface area contributed by atoms with Crippen molar-refractivity contribution in [1.29, 1.82) is 0 Å². The van der Waals surface area contributed by atoms with Crippen LogP contribution in [0.5, 0.6) is 0 Å². The summed E-state index contributed by atoms with van der Waals surface area (Å²) in [5.74, 6) is -0.0645. The molecule has 0 bridgehead atoms. The van der Waals surface area contributed by atoms with Crippen LogP contribution in [-0.2, 0) is 21.4 Å². The number of benzene rings is 2. The van der Waals surface area contributed by atoms with Gasteiger partial charge in [0.15, 0.2) is 0 Å². The zero-order chi connectivity index (χ0) is 19.4. The lowest BCUT2D eigenvalue weighted by Crippen LogP contribution is -2.46. The summed E-state index contributed by atoms with van der Waals surface area (Å²) < 4.78 is 0. The quantitative estimate of drug-likeness (QED) is 0.811. The fourth-order valence-electron chi connectivity index (χ4n) is 4.11. The smallest absolute Gasteiger partial charge is 0.238 e. The number of para-hydroxylation sites is 1. The van der Waals surface area contributed by atoms with E-state index < -0.39 is 5.41 Å². The van der Waals surface area contributed by atoms with E-state index in [1.165, 1.54) is 0 Å². The number of hydrogen-bond acceptors (Lipinski definition) is 2. The lowest BCUT2D eigenvalue weighted by Gasteiger charge is -2.29. The lowest BCUT2D eigenvalue weighted by atomic mass is 9.73. The summed E-state index contributed by atoms with van der Waals surface area (Å²) in [6, 6.07) is 17.9. The van der Waals surface area contributed by atoms with Crippen molar-refractivity contribution < 1.29 is 9.59 Å². The standard InChI is InChI=1S/C23H28N2O2/c1-4-18(5-2)24-21(26)16-23(15-17-11-7-6-8-12-17)19-13-9-10-14-20(19)25(3)22(23)27/h6-14,18H,4-5,15-16H2,1-3H3,(H,24,26). The molecule has 27 heavy (non-hydrogen) atoms. The van der Waals surface area contributed by atoms with E-state index in [0.717, 1.165) is 29.7 Å². The van der Waals surface area contributed by atoms with Crippen LogP contribution >= 0.6 is 0 Å². The molecule has 2 aromatic rings. The summed E-state index contributed by atoms with van der Waals surface area (Å²) in [6.45, 7) is 4.13. The first kappa shape index (κ1) is 19.2. The molecule has 0 fully saturated rings. The normalized spacial score (nSPS) is 18.7. The molecule has 4 heteroatoms. The summed E-state index contributed by atoms with van der Waals surface area (Å²) in [5.41, 5.74) is 2.05. The molecular weight excluding hydrogens is 336 g/mol. The molecule has 142 valence electrons. The molecule has 0 saturated carbocycles. The topological polar surface area (TPSA) is 49.4 Å². The molecule has 1 N–H and O–H groups in total. The Kier molecular flexibility index (Phi) is 5.64. The van der Waals surface area contributed by atoms with Crippen LogP contribution < -0.4 is 10.2 Å². The molecule has 0 radical (unpaired) electrons. The molecule has 1 aliphatic rings. The number of carbonyl (C=O) groups is 2. The Hall–Kier alpha value is -2.62. The van der Waals surface area contributed by atoms with Crippen LogP contribution in [0.15, 0.2) is 54.6 Å². The summed E-state index contributed by atoms with van der Waals surface area (Å²) in [4.78, 5) is 28.0. The van der Waals surface area contributed by atoms with E-state index in [2.05, 4.69) is 19.2 Å². The molecule has 1 atom stereocenters. The average molecular weight is 364 g/mol. The minimum Gasteiger partial charge on any atom is -0.353 e. The fourth-order valence-corrected chi connectivity index (χ4v) is 4.11. The van der Waals surface area contributed by atoms with Gasteiger partial charge in [0.25, 0.3) is 0 Å².